The lowest BCUT2D eigenvalue weighted by molar-refractivity contribution is 0.0691. The van der Waals surface area contributed by atoms with E-state index in [-0.39, 0.29) is 11.6 Å². The number of aromatic carboxylic acids is 1. The number of hydrogen-bond acceptors (Lipinski definition) is 6. The molecule has 0 aliphatic heterocycles. The minimum Gasteiger partial charge on any atom is -0.476 e. The summed E-state index contributed by atoms with van der Waals surface area (Å²) in [5, 5.41) is 14.2. The van der Waals surface area contributed by atoms with Crippen LogP contribution in [-0.4, -0.2) is 26.0 Å². The maximum absolute atomic E-state index is 10.8. The van der Waals surface area contributed by atoms with Crippen LogP contribution in [0.3, 0.4) is 0 Å². The lowest BCUT2D eigenvalue weighted by Crippen LogP contribution is -2.07. The average Bonchev–Trinajstić information content (AvgIpc) is 2.84. The number of thiazole rings is 1. The lowest BCUT2D eigenvalue weighted by atomic mass is 10.2. The number of nitrogens with zero attached hydrogens (tertiary/aromatic N) is 3. The van der Waals surface area contributed by atoms with Crippen LogP contribution in [0.2, 0.25) is 0 Å². The van der Waals surface area contributed by atoms with Crippen LogP contribution in [0.5, 0.6) is 0 Å². The Labute approximate surface area is 120 Å². The molecule has 2 heterocycles. The van der Waals surface area contributed by atoms with Gasteiger partial charge in [-0.05, 0) is 6.92 Å². The number of carbonyl (C=O) groups is 1. The molecule has 0 aliphatic carbocycles. The van der Waals surface area contributed by atoms with Gasteiger partial charge in [0.25, 0.3) is 0 Å². The van der Waals surface area contributed by atoms with Gasteiger partial charge in [-0.25, -0.2) is 19.7 Å². The van der Waals surface area contributed by atoms with E-state index in [4.69, 9.17) is 5.11 Å². The Morgan fingerprint density at radius 1 is 1.40 bits per heavy atom. The Balaban J connectivity index is 2.08. The highest BCUT2D eigenvalue weighted by atomic mass is 32.1. The van der Waals surface area contributed by atoms with Gasteiger partial charge in [0.1, 0.15) is 16.6 Å². The molecular weight excluding hydrogens is 276 g/mol. The molecule has 2 aromatic heterocycles. The van der Waals surface area contributed by atoms with Crippen LogP contribution in [0.25, 0.3) is 0 Å². The quantitative estimate of drug-likeness (QED) is 0.881. The SMILES string of the molecule is Cc1cc(NCc2nc(C(=O)O)cs2)nc(C(C)C)n1. The highest BCUT2D eigenvalue weighted by Crippen LogP contribution is 2.15. The first-order chi connectivity index (χ1) is 9.45. The van der Waals surface area contributed by atoms with Crippen molar-refractivity contribution in [1.82, 2.24) is 15.0 Å². The third-order valence-corrected chi connectivity index (χ3v) is 3.43. The molecule has 0 aromatic carbocycles. The average molecular weight is 292 g/mol. The Morgan fingerprint density at radius 3 is 2.75 bits per heavy atom. The van der Waals surface area contributed by atoms with Crippen molar-refractivity contribution >= 4 is 23.1 Å². The van der Waals surface area contributed by atoms with Gasteiger partial charge in [0.15, 0.2) is 5.69 Å². The molecule has 0 saturated heterocycles. The minimum absolute atomic E-state index is 0.0773. The van der Waals surface area contributed by atoms with E-state index in [0.29, 0.717) is 11.6 Å². The van der Waals surface area contributed by atoms with Gasteiger partial charge in [-0.1, -0.05) is 13.8 Å². The maximum atomic E-state index is 10.8. The first-order valence-electron chi connectivity index (χ1n) is 6.23. The smallest absolute Gasteiger partial charge is 0.355 e. The molecule has 2 N–H and O–H groups in total. The van der Waals surface area contributed by atoms with Crippen LogP contribution in [0.1, 0.15) is 46.8 Å². The van der Waals surface area contributed by atoms with Crippen LogP contribution in [0.15, 0.2) is 11.4 Å². The number of aromatic nitrogens is 3. The highest BCUT2D eigenvalue weighted by molar-refractivity contribution is 7.09. The lowest BCUT2D eigenvalue weighted by Gasteiger charge is -2.09. The monoisotopic (exact) mass is 292 g/mol. The molecule has 0 saturated carbocycles. The third kappa shape index (κ3) is 3.51. The molecule has 20 heavy (non-hydrogen) atoms. The Bertz CT molecular complexity index is 625. The Hall–Kier alpha value is -2.02. The molecule has 7 heteroatoms. The fourth-order valence-electron chi connectivity index (χ4n) is 1.60. The van der Waals surface area contributed by atoms with E-state index >= 15 is 0 Å². The van der Waals surface area contributed by atoms with Gasteiger partial charge in [0.2, 0.25) is 0 Å². The van der Waals surface area contributed by atoms with Crippen LogP contribution in [0, 0.1) is 6.92 Å². The van der Waals surface area contributed by atoms with E-state index in [1.165, 1.54) is 16.7 Å². The second-order valence-corrected chi connectivity index (χ2v) is 5.64. The van der Waals surface area contributed by atoms with Crippen LogP contribution >= 0.6 is 11.3 Å². The molecule has 0 aliphatic rings. The van der Waals surface area contributed by atoms with Crippen LogP contribution in [-0.2, 0) is 6.54 Å². The number of hydrogen-bond donors (Lipinski definition) is 2. The van der Waals surface area contributed by atoms with Gasteiger partial charge in [-0.2, -0.15) is 0 Å². The standard InChI is InChI=1S/C13H16N4O2S/c1-7(2)12-15-8(3)4-10(17-12)14-5-11-16-9(6-20-11)13(18)19/h4,6-7H,5H2,1-3H3,(H,18,19)(H,14,15,17). The Morgan fingerprint density at radius 2 is 2.15 bits per heavy atom. The third-order valence-electron chi connectivity index (χ3n) is 2.58. The second-order valence-electron chi connectivity index (χ2n) is 4.69. The molecule has 106 valence electrons. The highest BCUT2D eigenvalue weighted by Gasteiger charge is 2.09. The van der Waals surface area contributed by atoms with E-state index in [9.17, 15) is 4.79 Å². The van der Waals surface area contributed by atoms with Crippen molar-refractivity contribution in [3.8, 4) is 0 Å². The van der Waals surface area contributed by atoms with Gasteiger partial charge in [0.05, 0.1) is 6.54 Å². The first kappa shape index (κ1) is 14.4. The van der Waals surface area contributed by atoms with Gasteiger partial charge < -0.3 is 10.4 Å². The number of carboxylic acids is 1. The summed E-state index contributed by atoms with van der Waals surface area (Å²) in [7, 11) is 0. The van der Waals surface area contributed by atoms with E-state index in [0.717, 1.165) is 17.3 Å². The maximum Gasteiger partial charge on any atom is 0.355 e. The summed E-state index contributed by atoms with van der Waals surface area (Å²) < 4.78 is 0. The number of anilines is 1. The van der Waals surface area contributed by atoms with Gasteiger partial charge >= 0.3 is 5.97 Å². The topological polar surface area (TPSA) is 88.0 Å². The fraction of sp³-hybridized carbons (Fsp3) is 0.385. The van der Waals surface area contributed by atoms with E-state index < -0.39 is 5.97 Å². The van der Waals surface area contributed by atoms with Crippen molar-refractivity contribution in [2.45, 2.75) is 33.2 Å². The molecule has 0 unspecified atom stereocenters. The second kappa shape index (κ2) is 5.96. The van der Waals surface area contributed by atoms with Crippen LogP contribution in [0.4, 0.5) is 5.82 Å². The zero-order valence-corrected chi connectivity index (χ0v) is 12.4. The van der Waals surface area contributed by atoms with Gasteiger partial charge in [0, 0.05) is 23.1 Å². The molecule has 6 nitrogen and oxygen atoms in total. The predicted octanol–water partition coefficient (Wildman–Crippen LogP) is 2.68. The molecule has 0 amide bonds. The molecule has 2 aromatic rings. The van der Waals surface area contributed by atoms with E-state index in [2.05, 4.69) is 20.3 Å². The zero-order chi connectivity index (χ0) is 14.7. The zero-order valence-electron chi connectivity index (χ0n) is 11.5. The number of nitrogens with one attached hydrogen (secondary N) is 1. The molecule has 0 fully saturated rings. The summed E-state index contributed by atoms with van der Waals surface area (Å²) in [6, 6.07) is 1.86. The van der Waals surface area contributed by atoms with Crippen molar-refractivity contribution in [2.75, 3.05) is 5.32 Å². The van der Waals surface area contributed by atoms with Crippen molar-refractivity contribution in [3.63, 3.8) is 0 Å². The summed E-state index contributed by atoms with van der Waals surface area (Å²) in [6.07, 6.45) is 0. The summed E-state index contributed by atoms with van der Waals surface area (Å²) in [6.45, 7) is 6.45. The number of aryl methyl sites for hydroxylation is 1. The van der Waals surface area contributed by atoms with E-state index in [1.807, 2.05) is 26.8 Å². The van der Waals surface area contributed by atoms with Crippen molar-refractivity contribution in [3.05, 3.63) is 33.7 Å². The van der Waals surface area contributed by atoms with Crippen molar-refractivity contribution in [2.24, 2.45) is 0 Å². The van der Waals surface area contributed by atoms with Crippen LogP contribution < -0.4 is 5.32 Å². The van der Waals surface area contributed by atoms with Crippen molar-refractivity contribution in [1.29, 1.82) is 0 Å². The Kier molecular flexibility index (Phi) is 4.29. The molecule has 2 rings (SSSR count). The number of carboxylic acid groups (broad SMARTS) is 1. The fourth-order valence-corrected chi connectivity index (χ4v) is 2.30. The minimum atomic E-state index is -1.01. The molecule has 0 radical (unpaired) electrons. The normalized spacial score (nSPS) is 10.8. The number of rotatable bonds is 5. The van der Waals surface area contributed by atoms with Crippen molar-refractivity contribution < 1.29 is 9.90 Å². The van der Waals surface area contributed by atoms with Gasteiger partial charge in [-0.15, -0.1) is 11.3 Å². The molecule has 0 atom stereocenters. The predicted molar refractivity (Wildman–Crippen MR) is 77.3 cm³/mol. The summed E-state index contributed by atoms with van der Waals surface area (Å²) >= 11 is 1.31. The largest absolute Gasteiger partial charge is 0.476 e. The van der Waals surface area contributed by atoms with E-state index in [1.54, 1.807) is 0 Å². The molecule has 0 spiro atoms. The summed E-state index contributed by atoms with van der Waals surface area (Å²) in [5.74, 6) is 0.771. The molecular formula is C13H16N4O2S. The molecule has 0 bridgehead atoms. The first-order valence-corrected chi connectivity index (χ1v) is 7.11. The summed E-state index contributed by atoms with van der Waals surface area (Å²) in [4.78, 5) is 23.6. The van der Waals surface area contributed by atoms with Gasteiger partial charge in [-0.3, -0.25) is 0 Å². The summed E-state index contributed by atoms with van der Waals surface area (Å²) in [5.41, 5.74) is 0.977.